The molecule has 36 heavy (non-hydrogen) atoms. The number of carbonyl (C=O) groups excluding carboxylic acids is 1. The first-order valence-electron chi connectivity index (χ1n) is 11.2. The quantitative estimate of drug-likeness (QED) is 0.163. The van der Waals surface area contributed by atoms with Crippen LogP contribution in [0.3, 0.4) is 0 Å². The van der Waals surface area contributed by atoms with Crippen molar-refractivity contribution < 1.29 is 19.2 Å². The zero-order valence-electron chi connectivity index (χ0n) is 19.3. The van der Waals surface area contributed by atoms with E-state index in [0.29, 0.717) is 16.7 Å². The fourth-order valence-electron chi connectivity index (χ4n) is 4.20. The van der Waals surface area contributed by atoms with Gasteiger partial charge in [0.25, 0.3) is 5.56 Å². The van der Waals surface area contributed by atoms with Crippen LogP contribution < -0.4 is 10.3 Å². The van der Waals surface area contributed by atoms with Crippen LogP contribution in [-0.4, -0.2) is 40.5 Å². The summed E-state index contributed by atoms with van der Waals surface area (Å²) in [6.07, 6.45) is 6.17. The van der Waals surface area contributed by atoms with E-state index in [4.69, 9.17) is 21.3 Å². The highest BCUT2D eigenvalue weighted by Gasteiger charge is 2.24. The minimum atomic E-state index is -0.720. The van der Waals surface area contributed by atoms with Crippen molar-refractivity contribution in [3.05, 3.63) is 71.7 Å². The predicted octanol–water partition coefficient (Wildman–Crippen LogP) is 5.20. The third-order valence-electron chi connectivity index (χ3n) is 5.94. The molecule has 0 unspecified atom stereocenters. The highest BCUT2D eigenvalue weighted by Crippen LogP contribution is 2.35. The summed E-state index contributed by atoms with van der Waals surface area (Å²) in [5.41, 5.74) is -0.135. The van der Waals surface area contributed by atoms with Crippen molar-refractivity contribution >= 4 is 56.3 Å². The summed E-state index contributed by atoms with van der Waals surface area (Å²) in [7, 11) is 1.18. The van der Waals surface area contributed by atoms with Gasteiger partial charge >= 0.3 is 11.7 Å². The molecule has 10 nitrogen and oxygen atoms in total. The molecule has 1 fully saturated rings. The molecule has 3 aromatic rings. The maximum atomic E-state index is 13.5. The average molecular weight is 578 g/mol. The molecular formula is C24H22BrClN4O6. The zero-order valence-corrected chi connectivity index (χ0v) is 21.6. The Labute approximate surface area is 219 Å². The molecule has 1 saturated carbocycles. The second kappa shape index (κ2) is 11.2. The first kappa shape index (κ1) is 25.8. The van der Waals surface area contributed by atoms with Crippen LogP contribution in [0.15, 0.2) is 44.7 Å². The van der Waals surface area contributed by atoms with E-state index in [1.54, 1.807) is 12.1 Å². The van der Waals surface area contributed by atoms with E-state index in [-0.39, 0.29) is 27.8 Å². The minimum absolute atomic E-state index is 0.0420. The van der Waals surface area contributed by atoms with Gasteiger partial charge in [-0.1, -0.05) is 46.8 Å². The molecule has 0 aliphatic heterocycles. The summed E-state index contributed by atoms with van der Waals surface area (Å²) in [5, 5.41) is 16.5. The number of hydrogen-bond donors (Lipinski definition) is 0. The van der Waals surface area contributed by atoms with Crippen LogP contribution in [0.25, 0.3) is 10.9 Å². The SMILES string of the molecule is COC(=O)COc1c(C=Nn2c(C3CCCCC3)nc3ccc(Br)cc3c2=O)cc(Cl)cc1[N+](=O)[O-]. The lowest BCUT2D eigenvalue weighted by Crippen LogP contribution is -2.25. The van der Waals surface area contributed by atoms with Crippen molar-refractivity contribution in [3.63, 3.8) is 0 Å². The van der Waals surface area contributed by atoms with Gasteiger partial charge in [-0.05, 0) is 37.1 Å². The number of benzene rings is 2. The van der Waals surface area contributed by atoms with Gasteiger partial charge in [0.2, 0.25) is 5.75 Å². The number of aromatic nitrogens is 2. The number of nitro groups is 1. The van der Waals surface area contributed by atoms with Gasteiger partial charge in [0.15, 0.2) is 6.61 Å². The average Bonchev–Trinajstić information content (AvgIpc) is 2.87. The van der Waals surface area contributed by atoms with Crippen molar-refractivity contribution in [1.29, 1.82) is 0 Å². The Bertz CT molecular complexity index is 1420. The summed E-state index contributed by atoms with van der Waals surface area (Å²) < 4.78 is 11.9. The van der Waals surface area contributed by atoms with E-state index in [9.17, 15) is 19.7 Å². The number of halogens is 2. The lowest BCUT2D eigenvalue weighted by atomic mass is 9.88. The molecule has 1 heterocycles. The normalized spacial score (nSPS) is 14.3. The van der Waals surface area contributed by atoms with Gasteiger partial charge in [-0.2, -0.15) is 9.78 Å². The van der Waals surface area contributed by atoms with Crippen LogP contribution in [0.5, 0.6) is 5.75 Å². The molecule has 1 aliphatic carbocycles. The lowest BCUT2D eigenvalue weighted by molar-refractivity contribution is -0.385. The molecule has 188 valence electrons. The molecule has 1 aliphatic rings. The monoisotopic (exact) mass is 576 g/mol. The van der Waals surface area contributed by atoms with Crippen LogP contribution in [0.1, 0.15) is 49.4 Å². The minimum Gasteiger partial charge on any atom is -0.474 e. The highest BCUT2D eigenvalue weighted by atomic mass is 79.9. The van der Waals surface area contributed by atoms with Crippen LogP contribution >= 0.6 is 27.5 Å². The fourth-order valence-corrected chi connectivity index (χ4v) is 4.78. The fraction of sp³-hybridized carbons (Fsp3) is 0.333. The summed E-state index contributed by atoms with van der Waals surface area (Å²) >= 11 is 9.51. The second-order valence-corrected chi connectivity index (χ2v) is 9.65. The molecular weight excluding hydrogens is 556 g/mol. The van der Waals surface area contributed by atoms with E-state index in [1.165, 1.54) is 24.1 Å². The predicted molar refractivity (Wildman–Crippen MR) is 138 cm³/mol. The zero-order chi connectivity index (χ0) is 25.8. The van der Waals surface area contributed by atoms with E-state index in [1.807, 2.05) is 6.07 Å². The topological polar surface area (TPSA) is 126 Å². The Morgan fingerprint density at radius 2 is 2.06 bits per heavy atom. The Morgan fingerprint density at radius 1 is 1.31 bits per heavy atom. The second-order valence-electron chi connectivity index (χ2n) is 8.29. The van der Waals surface area contributed by atoms with Gasteiger partial charge in [0, 0.05) is 27.0 Å². The van der Waals surface area contributed by atoms with Crippen molar-refractivity contribution in [1.82, 2.24) is 9.66 Å². The number of nitro benzene ring substituents is 1. The van der Waals surface area contributed by atoms with Gasteiger partial charge in [0.1, 0.15) is 5.82 Å². The maximum Gasteiger partial charge on any atom is 0.343 e. The van der Waals surface area contributed by atoms with Crippen molar-refractivity contribution in [2.24, 2.45) is 5.10 Å². The largest absolute Gasteiger partial charge is 0.474 e. The van der Waals surface area contributed by atoms with Gasteiger partial charge in [-0.25, -0.2) is 9.78 Å². The van der Waals surface area contributed by atoms with Gasteiger partial charge in [0.05, 0.1) is 29.2 Å². The molecule has 4 rings (SSSR count). The van der Waals surface area contributed by atoms with Gasteiger partial charge in [-0.15, -0.1) is 0 Å². The standard InChI is InChI=1S/C24H22BrClN4O6/c1-35-21(31)13-36-22-15(9-17(26)11-20(22)30(33)34)12-27-29-23(14-5-3-2-4-6-14)28-19-8-7-16(25)10-18(19)24(29)32/h7-12,14H,2-6,13H2,1H3. The molecule has 0 spiro atoms. The lowest BCUT2D eigenvalue weighted by Gasteiger charge is -2.22. The molecule has 0 amide bonds. The van der Waals surface area contributed by atoms with Crippen molar-refractivity contribution in [3.8, 4) is 5.75 Å². The number of rotatable bonds is 7. The number of esters is 1. The summed E-state index contributed by atoms with van der Waals surface area (Å²) in [6, 6.07) is 7.79. The van der Waals surface area contributed by atoms with E-state index < -0.39 is 23.2 Å². The molecule has 0 N–H and O–H groups in total. The number of ether oxygens (including phenoxy) is 2. The van der Waals surface area contributed by atoms with Crippen LogP contribution in [0.2, 0.25) is 5.02 Å². The first-order valence-corrected chi connectivity index (χ1v) is 12.4. The smallest absolute Gasteiger partial charge is 0.343 e. The summed E-state index contributed by atoms with van der Waals surface area (Å²) in [5.74, 6) is -0.371. The highest BCUT2D eigenvalue weighted by molar-refractivity contribution is 9.10. The van der Waals surface area contributed by atoms with Crippen LogP contribution in [0, 0.1) is 10.1 Å². The molecule has 0 saturated heterocycles. The third-order valence-corrected chi connectivity index (χ3v) is 6.65. The Hall–Kier alpha value is -3.31. The Kier molecular flexibility index (Phi) is 8.00. The van der Waals surface area contributed by atoms with E-state index in [2.05, 4.69) is 25.8 Å². The third kappa shape index (κ3) is 5.57. The number of nitrogens with zero attached hydrogens (tertiary/aromatic N) is 4. The Balaban J connectivity index is 1.86. The number of hydrogen-bond acceptors (Lipinski definition) is 8. The van der Waals surface area contributed by atoms with Crippen LogP contribution in [0.4, 0.5) is 5.69 Å². The molecule has 0 bridgehead atoms. The Morgan fingerprint density at radius 3 is 2.75 bits per heavy atom. The summed E-state index contributed by atoms with van der Waals surface area (Å²) in [6.45, 7) is -0.557. The molecule has 0 atom stereocenters. The summed E-state index contributed by atoms with van der Waals surface area (Å²) in [4.78, 5) is 40.9. The van der Waals surface area contributed by atoms with Crippen LogP contribution in [-0.2, 0) is 9.53 Å². The number of fused-ring (bicyclic) bond motifs is 1. The van der Waals surface area contributed by atoms with E-state index in [0.717, 1.165) is 42.6 Å². The number of carbonyl (C=O) groups is 1. The van der Waals surface area contributed by atoms with Gasteiger partial charge in [-0.3, -0.25) is 14.9 Å². The van der Waals surface area contributed by atoms with Crippen molar-refractivity contribution in [2.75, 3.05) is 13.7 Å². The van der Waals surface area contributed by atoms with Crippen molar-refractivity contribution in [2.45, 2.75) is 38.0 Å². The molecule has 2 aromatic carbocycles. The molecule has 0 radical (unpaired) electrons. The number of methoxy groups -OCH3 is 1. The van der Waals surface area contributed by atoms with Gasteiger partial charge < -0.3 is 9.47 Å². The van der Waals surface area contributed by atoms with E-state index >= 15 is 0 Å². The maximum absolute atomic E-state index is 13.5. The first-order chi connectivity index (χ1) is 17.3. The molecule has 12 heteroatoms. The molecule has 1 aromatic heterocycles.